The van der Waals surface area contributed by atoms with Crippen molar-refractivity contribution in [3.8, 4) is 0 Å². The number of aliphatic hydroxyl groups excluding tert-OH is 1. The molecule has 0 aromatic rings. The van der Waals surface area contributed by atoms with E-state index in [0.717, 1.165) is 0 Å². The Hall–Kier alpha value is 1.71. The largest absolute Gasteiger partial charge is 1.00 e. The van der Waals surface area contributed by atoms with Crippen molar-refractivity contribution in [2.45, 2.75) is 6.92 Å². The maximum Gasteiger partial charge on any atom is 1.00 e. The van der Waals surface area contributed by atoms with E-state index < -0.39 is 7.82 Å². The second-order valence-corrected chi connectivity index (χ2v) is 1.86. The molecule has 0 radical (unpaired) electrons. The zero-order valence-corrected chi connectivity index (χ0v) is 9.37. The fourth-order valence-corrected chi connectivity index (χ4v) is 0. The first-order chi connectivity index (χ1) is 3.41. The number of rotatable bonds is 0. The molecule has 0 saturated carbocycles. The van der Waals surface area contributed by atoms with Gasteiger partial charge in [-0.15, -0.1) is 0 Å². The van der Waals surface area contributed by atoms with E-state index in [9.17, 15) is 0 Å². The third-order valence-electron chi connectivity index (χ3n) is 0. The minimum atomic E-state index is -4.64. The molecule has 9 heavy (non-hydrogen) atoms. The zero-order chi connectivity index (χ0) is 7.21. The summed E-state index contributed by atoms with van der Waals surface area (Å²) in [5, 5.41) is 7.57. The van der Waals surface area contributed by atoms with Crippen LogP contribution >= 0.6 is 7.82 Å². The molecular weight excluding hydrogens is 174 g/mol. The van der Waals surface area contributed by atoms with Crippen LogP contribution in [0.1, 0.15) is 8.35 Å². The molecule has 7 heteroatoms. The van der Waals surface area contributed by atoms with Crippen molar-refractivity contribution in [3.05, 3.63) is 0 Å². The average Bonchev–Trinajstić information content (AvgIpc) is 1.27. The summed E-state index contributed by atoms with van der Waals surface area (Å²) in [7, 11) is -4.64. The summed E-state index contributed by atoms with van der Waals surface area (Å²) in [5.41, 5.74) is 0. The van der Waals surface area contributed by atoms with Gasteiger partial charge in [-0.2, -0.15) is 0 Å². The van der Waals surface area contributed by atoms with E-state index >= 15 is 0 Å². The van der Waals surface area contributed by atoms with Crippen LogP contribution in [0.5, 0.6) is 0 Å². The van der Waals surface area contributed by atoms with Gasteiger partial charge in [0, 0.05) is 6.61 Å². The van der Waals surface area contributed by atoms with E-state index in [1.54, 1.807) is 6.92 Å². The molecule has 0 heterocycles. The zero-order valence-electron chi connectivity index (χ0n) is 6.35. The molecule has 4 N–H and O–H groups in total. The Labute approximate surface area is 97.2 Å². The van der Waals surface area contributed by atoms with E-state index in [4.69, 9.17) is 24.4 Å². The first-order valence-electron chi connectivity index (χ1n) is 1.81. The molecule has 0 aliphatic carbocycles. The Balaban J connectivity index is -0.0000000326. The third kappa shape index (κ3) is 198. The summed E-state index contributed by atoms with van der Waals surface area (Å²) in [6, 6.07) is 0. The number of hydrogen-bond donors (Lipinski definition) is 4. The first kappa shape index (κ1) is 17.0. The van der Waals surface area contributed by atoms with Crippen LogP contribution in [0, 0.1) is 0 Å². The van der Waals surface area contributed by atoms with Gasteiger partial charge in [0.2, 0.25) is 0 Å². The second-order valence-electron chi connectivity index (χ2n) is 0.830. The van der Waals surface area contributed by atoms with Crippen molar-refractivity contribution in [2.24, 2.45) is 0 Å². The SMILES string of the molecule is CCO.O=P(O)(O)O.[H-].[K+]. The quantitative estimate of drug-likeness (QED) is 0.228. The monoisotopic (exact) mass is 184 g/mol. The van der Waals surface area contributed by atoms with Crippen LogP contribution in [0.2, 0.25) is 0 Å². The van der Waals surface area contributed by atoms with E-state index in [2.05, 4.69) is 0 Å². The Morgan fingerprint density at radius 3 is 1.44 bits per heavy atom. The molecule has 0 aliphatic heterocycles. The van der Waals surface area contributed by atoms with Gasteiger partial charge in [0.05, 0.1) is 0 Å². The molecule has 0 saturated heterocycles. The maximum absolute atomic E-state index is 8.88. The van der Waals surface area contributed by atoms with Crippen LogP contribution < -0.4 is 51.4 Å². The van der Waals surface area contributed by atoms with Crippen LogP contribution in [-0.2, 0) is 4.57 Å². The van der Waals surface area contributed by atoms with Gasteiger partial charge in [0.1, 0.15) is 0 Å². The molecule has 54 valence electrons. The fraction of sp³-hybridized carbons (Fsp3) is 1.00. The number of hydrogen-bond acceptors (Lipinski definition) is 2. The summed E-state index contributed by atoms with van der Waals surface area (Å²) < 4.78 is 8.88. The van der Waals surface area contributed by atoms with Crippen LogP contribution in [0.25, 0.3) is 0 Å². The van der Waals surface area contributed by atoms with Gasteiger partial charge in [-0.1, -0.05) is 0 Å². The van der Waals surface area contributed by atoms with Crippen molar-refractivity contribution in [2.75, 3.05) is 6.61 Å². The van der Waals surface area contributed by atoms with Crippen LogP contribution in [0.15, 0.2) is 0 Å². The predicted octanol–water partition coefficient (Wildman–Crippen LogP) is -3.81. The van der Waals surface area contributed by atoms with Gasteiger partial charge < -0.3 is 21.2 Å². The Bertz CT molecular complexity index is 75.5. The molecule has 0 fully saturated rings. The molecule has 0 bridgehead atoms. The molecule has 0 aromatic heterocycles. The Morgan fingerprint density at radius 2 is 1.44 bits per heavy atom. The molecule has 0 spiro atoms. The van der Waals surface area contributed by atoms with Gasteiger partial charge in [-0.25, -0.2) is 4.57 Å². The molecular formula is C2H10KO5P. The van der Waals surface area contributed by atoms with Crippen molar-refractivity contribution in [3.63, 3.8) is 0 Å². The minimum absolute atomic E-state index is 0. The van der Waals surface area contributed by atoms with Crippen molar-refractivity contribution in [1.29, 1.82) is 0 Å². The van der Waals surface area contributed by atoms with Crippen molar-refractivity contribution >= 4 is 7.82 Å². The molecule has 0 amide bonds. The summed E-state index contributed by atoms with van der Waals surface area (Å²) in [6.07, 6.45) is 0. The van der Waals surface area contributed by atoms with E-state index in [1.807, 2.05) is 0 Å². The standard InChI is InChI=1S/C2H6O.K.H3O4P.H/c1-2-3;;1-5(2,3)4;/h3H,2H2,1H3;;(H3,1,2,3,4);/q;+1;;-1. The first-order valence-corrected chi connectivity index (χ1v) is 3.37. The van der Waals surface area contributed by atoms with Crippen LogP contribution in [0.3, 0.4) is 0 Å². The van der Waals surface area contributed by atoms with E-state index in [0.29, 0.717) is 0 Å². The number of phosphoric acid groups is 1. The van der Waals surface area contributed by atoms with Gasteiger partial charge in [0.25, 0.3) is 0 Å². The summed E-state index contributed by atoms with van der Waals surface area (Å²) in [5.74, 6) is 0. The van der Waals surface area contributed by atoms with Crippen LogP contribution in [0.4, 0.5) is 0 Å². The molecule has 5 nitrogen and oxygen atoms in total. The fourth-order valence-electron chi connectivity index (χ4n) is 0. The predicted molar refractivity (Wildman–Crippen MR) is 28.1 cm³/mol. The molecule has 0 atom stereocenters. The Kier molecular flexibility index (Phi) is 18.3. The molecule has 0 aromatic carbocycles. The molecule has 0 unspecified atom stereocenters. The summed E-state index contributed by atoms with van der Waals surface area (Å²) in [6.45, 7) is 1.93. The van der Waals surface area contributed by atoms with Crippen LogP contribution in [-0.4, -0.2) is 26.4 Å². The van der Waals surface area contributed by atoms with Gasteiger partial charge >= 0.3 is 59.2 Å². The van der Waals surface area contributed by atoms with Gasteiger partial charge in [-0.3, -0.25) is 0 Å². The topological polar surface area (TPSA) is 98.0 Å². The van der Waals surface area contributed by atoms with Crippen molar-refractivity contribution < 1.29 is 77.2 Å². The average molecular weight is 184 g/mol. The maximum atomic E-state index is 8.88. The summed E-state index contributed by atoms with van der Waals surface area (Å²) in [4.78, 5) is 21.6. The minimum Gasteiger partial charge on any atom is -1.00 e. The third-order valence-corrected chi connectivity index (χ3v) is 0. The number of aliphatic hydroxyl groups is 1. The van der Waals surface area contributed by atoms with Gasteiger partial charge in [0.15, 0.2) is 0 Å². The second kappa shape index (κ2) is 9.71. The van der Waals surface area contributed by atoms with E-state index in [1.165, 1.54) is 0 Å². The van der Waals surface area contributed by atoms with Crippen molar-refractivity contribution in [1.82, 2.24) is 0 Å². The molecule has 0 aliphatic rings. The normalized spacial score (nSPS) is 8.56. The molecule has 0 rings (SSSR count). The van der Waals surface area contributed by atoms with Gasteiger partial charge in [-0.05, 0) is 6.92 Å². The smallest absolute Gasteiger partial charge is 1.00 e. The van der Waals surface area contributed by atoms with E-state index in [-0.39, 0.29) is 59.4 Å². The summed E-state index contributed by atoms with van der Waals surface area (Å²) >= 11 is 0. The Morgan fingerprint density at radius 1 is 1.44 bits per heavy atom.